The fourth-order valence-corrected chi connectivity index (χ4v) is 1.45. The molecule has 1 unspecified atom stereocenters. The van der Waals surface area contributed by atoms with Gasteiger partial charge in [0.25, 0.3) is 0 Å². The lowest BCUT2D eigenvalue weighted by molar-refractivity contribution is -0.119. The molecule has 0 bridgehead atoms. The lowest BCUT2D eigenvalue weighted by Gasteiger charge is -2.12. The van der Waals surface area contributed by atoms with Crippen LogP contribution in [0.1, 0.15) is 13.0 Å². The summed E-state index contributed by atoms with van der Waals surface area (Å²) in [6.45, 7) is 1.77. The number of benzene rings is 1. The van der Waals surface area contributed by atoms with Gasteiger partial charge in [-0.05, 0) is 19.1 Å². The van der Waals surface area contributed by atoms with Crippen molar-refractivity contribution in [3.05, 3.63) is 42.7 Å². The Morgan fingerprint density at radius 2 is 2.12 bits per heavy atom. The second-order valence-electron chi connectivity index (χ2n) is 3.78. The van der Waals surface area contributed by atoms with Crippen molar-refractivity contribution < 1.29 is 4.79 Å². The minimum atomic E-state index is -0.396. The van der Waals surface area contributed by atoms with Crippen LogP contribution in [0.2, 0.25) is 0 Å². The number of aromatic nitrogens is 2. The highest BCUT2D eigenvalue weighted by molar-refractivity contribution is 5.93. The number of nitrogens with one attached hydrogen (secondary N) is 1. The highest BCUT2D eigenvalue weighted by atomic mass is 16.2. The van der Waals surface area contributed by atoms with E-state index in [0.717, 1.165) is 5.69 Å². The summed E-state index contributed by atoms with van der Waals surface area (Å²) in [5.74, 6) is -0.126. The van der Waals surface area contributed by atoms with Crippen molar-refractivity contribution in [2.75, 3.05) is 11.1 Å². The number of anilines is 2. The van der Waals surface area contributed by atoms with Crippen molar-refractivity contribution in [2.45, 2.75) is 13.0 Å². The molecule has 0 aliphatic heterocycles. The number of hydrogen-bond donors (Lipinski definition) is 2. The monoisotopic (exact) mass is 230 g/mol. The van der Waals surface area contributed by atoms with Crippen molar-refractivity contribution >= 4 is 17.3 Å². The molecule has 1 amide bonds. The summed E-state index contributed by atoms with van der Waals surface area (Å²) in [6.07, 6.45) is 3.15. The normalized spacial score (nSPS) is 12.1. The van der Waals surface area contributed by atoms with Crippen LogP contribution in [0.4, 0.5) is 11.4 Å². The summed E-state index contributed by atoms with van der Waals surface area (Å²) in [5.41, 5.74) is 6.87. The van der Waals surface area contributed by atoms with E-state index in [1.54, 1.807) is 13.1 Å². The Hall–Kier alpha value is -2.30. The predicted molar refractivity (Wildman–Crippen MR) is 66.4 cm³/mol. The van der Waals surface area contributed by atoms with Gasteiger partial charge in [-0.15, -0.1) is 0 Å². The zero-order valence-corrected chi connectivity index (χ0v) is 9.50. The summed E-state index contributed by atoms with van der Waals surface area (Å²) in [5, 5.41) is 6.82. The molecule has 17 heavy (non-hydrogen) atoms. The van der Waals surface area contributed by atoms with Crippen LogP contribution in [0.15, 0.2) is 42.7 Å². The van der Waals surface area contributed by atoms with Crippen molar-refractivity contribution in [3.63, 3.8) is 0 Å². The first kappa shape index (κ1) is 11.2. The van der Waals surface area contributed by atoms with E-state index in [-0.39, 0.29) is 5.91 Å². The third-order valence-electron chi connectivity index (χ3n) is 2.44. The topological polar surface area (TPSA) is 72.9 Å². The fourth-order valence-electron chi connectivity index (χ4n) is 1.45. The average molecular weight is 230 g/mol. The Morgan fingerprint density at radius 1 is 1.41 bits per heavy atom. The third kappa shape index (κ3) is 2.63. The van der Waals surface area contributed by atoms with E-state index < -0.39 is 6.04 Å². The molecule has 88 valence electrons. The standard InChI is InChI=1S/C12H14N4O/c1-9(16-8-10(13)7-14-16)12(17)15-11-5-3-2-4-6-11/h2-9H,13H2,1H3,(H,15,17). The van der Waals surface area contributed by atoms with Crippen molar-refractivity contribution in [3.8, 4) is 0 Å². The summed E-state index contributed by atoms with van der Waals surface area (Å²) < 4.78 is 1.54. The Kier molecular flexibility index (Phi) is 3.09. The molecular weight excluding hydrogens is 216 g/mol. The highest BCUT2D eigenvalue weighted by Crippen LogP contribution is 2.12. The molecular formula is C12H14N4O. The maximum absolute atomic E-state index is 11.9. The molecule has 0 saturated carbocycles. The molecule has 5 nitrogen and oxygen atoms in total. The van der Waals surface area contributed by atoms with Crippen molar-refractivity contribution in [1.29, 1.82) is 0 Å². The minimum absolute atomic E-state index is 0.126. The Morgan fingerprint density at radius 3 is 2.71 bits per heavy atom. The lowest BCUT2D eigenvalue weighted by atomic mass is 10.3. The van der Waals surface area contributed by atoms with Gasteiger partial charge in [-0.25, -0.2) is 0 Å². The second-order valence-corrected chi connectivity index (χ2v) is 3.78. The number of nitrogens with two attached hydrogens (primary N) is 1. The van der Waals surface area contributed by atoms with E-state index >= 15 is 0 Å². The number of carbonyl (C=O) groups excluding carboxylic acids is 1. The first-order chi connectivity index (χ1) is 8.16. The van der Waals surface area contributed by atoms with Crippen LogP contribution in [0.3, 0.4) is 0 Å². The first-order valence-corrected chi connectivity index (χ1v) is 5.32. The van der Waals surface area contributed by atoms with Gasteiger partial charge in [0.1, 0.15) is 6.04 Å². The van der Waals surface area contributed by atoms with E-state index in [0.29, 0.717) is 5.69 Å². The minimum Gasteiger partial charge on any atom is -0.396 e. The van der Waals surface area contributed by atoms with Crippen LogP contribution >= 0.6 is 0 Å². The Balaban J connectivity index is 2.06. The van der Waals surface area contributed by atoms with Gasteiger partial charge >= 0.3 is 0 Å². The molecule has 1 aromatic carbocycles. The van der Waals surface area contributed by atoms with Gasteiger partial charge in [-0.2, -0.15) is 5.10 Å². The summed E-state index contributed by atoms with van der Waals surface area (Å²) in [4.78, 5) is 11.9. The molecule has 0 saturated heterocycles. The lowest BCUT2D eigenvalue weighted by Crippen LogP contribution is -2.23. The van der Waals surface area contributed by atoms with E-state index in [9.17, 15) is 4.79 Å². The number of nitrogen functional groups attached to an aromatic ring is 1. The number of rotatable bonds is 3. The molecule has 0 radical (unpaired) electrons. The number of carbonyl (C=O) groups is 1. The molecule has 0 spiro atoms. The number of para-hydroxylation sites is 1. The number of nitrogens with zero attached hydrogens (tertiary/aromatic N) is 2. The fraction of sp³-hybridized carbons (Fsp3) is 0.167. The summed E-state index contributed by atoms with van der Waals surface area (Å²) in [7, 11) is 0. The second kappa shape index (κ2) is 4.69. The molecule has 0 aliphatic rings. The smallest absolute Gasteiger partial charge is 0.248 e. The van der Waals surface area contributed by atoms with Gasteiger partial charge in [-0.1, -0.05) is 18.2 Å². The van der Waals surface area contributed by atoms with E-state index in [2.05, 4.69) is 10.4 Å². The average Bonchev–Trinajstić information content (AvgIpc) is 2.76. The predicted octanol–water partition coefficient (Wildman–Crippen LogP) is 1.66. The molecule has 0 aliphatic carbocycles. The van der Waals surface area contributed by atoms with E-state index in [4.69, 9.17) is 5.73 Å². The molecule has 1 atom stereocenters. The zero-order valence-electron chi connectivity index (χ0n) is 9.50. The summed E-state index contributed by atoms with van der Waals surface area (Å²) in [6, 6.07) is 8.91. The van der Waals surface area contributed by atoms with Gasteiger partial charge in [0.15, 0.2) is 0 Å². The SMILES string of the molecule is CC(C(=O)Nc1ccccc1)n1cc(N)cn1. The van der Waals surface area contributed by atoms with Crippen molar-refractivity contribution in [1.82, 2.24) is 9.78 Å². The first-order valence-electron chi connectivity index (χ1n) is 5.32. The van der Waals surface area contributed by atoms with Crippen LogP contribution in [0, 0.1) is 0 Å². The molecule has 2 aromatic rings. The molecule has 0 fully saturated rings. The molecule has 5 heteroatoms. The number of hydrogen-bond acceptors (Lipinski definition) is 3. The van der Waals surface area contributed by atoms with E-state index in [1.807, 2.05) is 30.3 Å². The zero-order chi connectivity index (χ0) is 12.3. The molecule has 1 heterocycles. The quantitative estimate of drug-likeness (QED) is 0.842. The Bertz CT molecular complexity index is 506. The molecule has 1 aromatic heterocycles. The van der Waals surface area contributed by atoms with Crippen LogP contribution in [-0.4, -0.2) is 15.7 Å². The van der Waals surface area contributed by atoms with Crippen molar-refractivity contribution in [2.24, 2.45) is 0 Å². The largest absolute Gasteiger partial charge is 0.396 e. The van der Waals surface area contributed by atoms with Gasteiger partial charge in [0, 0.05) is 11.9 Å². The van der Waals surface area contributed by atoms with Gasteiger partial charge in [0.05, 0.1) is 11.9 Å². The number of amides is 1. The maximum Gasteiger partial charge on any atom is 0.248 e. The highest BCUT2D eigenvalue weighted by Gasteiger charge is 2.15. The molecule has 2 rings (SSSR count). The Labute approximate surface area is 99.2 Å². The van der Waals surface area contributed by atoms with Gasteiger partial charge in [-0.3, -0.25) is 9.48 Å². The van der Waals surface area contributed by atoms with Crippen LogP contribution in [-0.2, 0) is 4.79 Å². The van der Waals surface area contributed by atoms with E-state index in [1.165, 1.54) is 10.9 Å². The van der Waals surface area contributed by atoms with Gasteiger partial charge in [0.2, 0.25) is 5.91 Å². The third-order valence-corrected chi connectivity index (χ3v) is 2.44. The maximum atomic E-state index is 11.9. The molecule has 3 N–H and O–H groups in total. The van der Waals surface area contributed by atoms with Gasteiger partial charge < -0.3 is 11.1 Å². The summed E-state index contributed by atoms with van der Waals surface area (Å²) >= 11 is 0. The van der Waals surface area contributed by atoms with Crippen LogP contribution in [0.5, 0.6) is 0 Å². The van der Waals surface area contributed by atoms with Crippen LogP contribution < -0.4 is 11.1 Å². The van der Waals surface area contributed by atoms with Crippen LogP contribution in [0.25, 0.3) is 0 Å².